The number of methoxy groups -OCH3 is 1. The predicted molar refractivity (Wildman–Crippen MR) is 124 cm³/mol. The van der Waals surface area contributed by atoms with Gasteiger partial charge >= 0.3 is 5.97 Å². The average molecular weight is 462 g/mol. The minimum Gasteiger partial charge on any atom is -0.459 e. The van der Waals surface area contributed by atoms with Crippen LogP contribution in [0.5, 0.6) is 11.5 Å². The van der Waals surface area contributed by atoms with Crippen LogP contribution in [0.15, 0.2) is 71.1 Å². The van der Waals surface area contributed by atoms with Crippen LogP contribution in [0, 0.1) is 0 Å². The van der Waals surface area contributed by atoms with Gasteiger partial charge in [0.2, 0.25) is 6.79 Å². The summed E-state index contributed by atoms with van der Waals surface area (Å²) in [4.78, 5) is 26.6. The molecule has 2 unspecified atom stereocenters. The third kappa shape index (κ3) is 4.07. The van der Waals surface area contributed by atoms with Crippen molar-refractivity contribution in [1.29, 1.82) is 0 Å². The molecule has 7 nitrogen and oxygen atoms in total. The van der Waals surface area contributed by atoms with Crippen molar-refractivity contribution in [3.8, 4) is 11.5 Å². The van der Waals surface area contributed by atoms with E-state index in [1.54, 1.807) is 7.11 Å². The van der Waals surface area contributed by atoms with E-state index >= 15 is 0 Å². The molecule has 0 amide bonds. The summed E-state index contributed by atoms with van der Waals surface area (Å²) >= 11 is 0. The first-order valence-electron chi connectivity index (χ1n) is 11.4. The van der Waals surface area contributed by atoms with Crippen molar-refractivity contribution in [2.45, 2.75) is 38.2 Å². The maximum Gasteiger partial charge on any atom is 0.336 e. The van der Waals surface area contributed by atoms with E-state index in [9.17, 15) is 9.59 Å². The quantitative estimate of drug-likeness (QED) is 0.642. The van der Waals surface area contributed by atoms with E-state index < -0.39 is 18.0 Å². The number of hydrogen-bond donors (Lipinski definition) is 1. The number of ether oxygens (including phenoxy) is 4. The zero-order chi connectivity index (χ0) is 23.7. The molecule has 34 heavy (non-hydrogen) atoms. The van der Waals surface area contributed by atoms with Crippen LogP contribution in [0.1, 0.15) is 49.3 Å². The van der Waals surface area contributed by atoms with Gasteiger partial charge in [0.05, 0.1) is 5.57 Å². The van der Waals surface area contributed by atoms with Gasteiger partial charge in [-0.3, -0.25) is 4.79 Å². The number of hydrogen-bond acceptors (Lipinski definition) is 7. The number of allylic oxidation sites excluding steroid dienone is 3. The van der Waals surface area contributed by atoms with Crippen LogP contribution < -0.4 is 14.8 Å². The summed E-state index contributed by atoms with van der Waals surface area (Å²) in [5.74, 6) is 0.292. The number of Topliss-reactive ketones (excluding diaryl/α,β-unsaturated/α-hetero) is 1. The summed E-state index contributed by atoms with van der Waals surface area (Å²) in [6.45, 7) is 2.06. The molecule has 0 aromatic heterocycles. The third-order valence-electron chi connectivity index (χ3n) is 6.55. The molecule has 1 aliphatic carbocycles. The normalized spacial score (nSPS) is 20.1. The first kappa shape index (κ1) is 22.2. The Hall–Kier alpha value is -3.58. The first-order valence-corrected chi connectivity index (χ1v) is 11.4. The molecule has 0 spiro atoms. The Morgan fingerprint density at radius 3 is 2.71 bits per heavy atom. The lowest BCUT2D eigenvalue weighted by Gasteiger charge is -2.34. The van der Waals surface area contributed by atoms with Gasteiger partial charge < -0.3 is 24.3 Å². The highest BCUT2D eigenvalue weighted by molar-refractivity contribution is 6.03. The second kappa shape index (κ2) is 9.35. The van der Waals surface area contributed by atoms with Crippen LogP contribution in [-0.2, 0) is 19.1 Å². The molecule has 3 aliphatic rings. The van der Waals surface area contributed by atoms with Crippen molar-refractivity contribution < 1.29 is 28.5 Å². The molecule has 2 aromatic carbocycles. The molecule has 0 bridgehead atoms. The lowest BCUT2D eigenvalue weighted by atomic mass is 9.75. The molecule has 1 N–H and O–H groups in total. The summed E-state index contributed by atoms with van der Waals surface area (Å²) in [6, 6.07) is 15.2. The molecule has 2 atom stereocenters. The SMILES string of the molecule is COC(COC(=O)C1=C(C)NC2=C(C(=O)CCC2)C1c1ccc2c(c1)OCO2)c1ccccc1. The number of esters is 1. The second-order valence-corrected chi connectivity index (χ2v) is 8.61. The molecule has 0 saturated carbocycles. The number of rotatable bonds is 6. The molecule has 2 aliphatic heterocycles. The summed E-state index contributed by atoms with van der Waals surface area (Å²) in [5.41, 5.74) is 4.35. The second-order valence-electron chi connectivity index (χ2n) is 8.61. The van der Waals surface area contributed by atoms with Gasteiger partial charge in [0.15, 0.2) is 17.3 Å². The smallest absolute Gasteiger partial charge is 0.336 e. The van der Waals surface area contributed by atoms with Crippen molar-refractivity contribution in [2.75, 3.05) is 20.5 Å². The Morgan fingerprint density at radius 2 is 1.91 bits per heavy atom. The van der Waals surface area contributed by atoms with Gasteiger partial charge in [-0.1, -0.05) is 36.4 Å². The summed E-state index contributed by atoms with van der Waals surface area (Å²) < 4.78 is 22.4. The highest BCUT2D eigenvalue weighted by Crippen LogP contribution is 2.45. The fraction of sp³-hybridized carbons (Fsp3) is 0.333. The van der Waals surface area contributed by atoms with E-state index in [0.717, 1.165) is 29.7 Å². The van der Waals surface area contributed by atoms with E-state index in [0.29, 0.717) is 34.8 Å². The Balaban J connectivity index is 1.48. The van der Waals surface area contributed by atoms with Crippen molar-refractivity contribution in [2.24, 2.45) is 0 Å². The number of nitrogens with one attached hydrogen (secondary N) is 1. The van der Waals surface area contributed by atoms with Crippen LogP contribution in [-0.4, -0.2) is 32.3 Å². The molecule has 0 radical (unpaired) electrons. The summed E-state index contributed by atoms with van der Waals surface area (Å²) in [5, 5.41) is 3.32. The van der Waals surface area contributed by atoms with E-state index in [2.05, 4.69) is 5.32 Å². The van der Waals surface area contributed by atoms with Gasteiger partial charge in [0, 0.05) is 36.4 Å². The largest absolute Gasteiger partial charge is 0.459 e. The minimum atomic E-state index is -0.538. The standard InChI is InChI=1S/C27H27NO6/c1-16-24(27(30)32-14-23(31-2)17-7-4-3-5-8-17)25(26-19(28-16)9-6-10-20(26)29)18-11-12-21-22(13-18)34-15-33-21/h3-5,7-8,11-13,23,25,28H,6,9-10,14-15H2,1-2H3. The summed E-state index contributed by atoms with van der Waals surface area (Å²) in [6.07, 6.45) is 1.63. The molecule has 5 rings (SSSR count). The van der Waals surface area contributed by atoms with Crippen LogP contribution in [0.4, 0.5) is 0 Å². The zero-order valence-electron chi connectivity index (χ0n) is 19.3. The van der Waals surface area contributed by atoms with Crippen molar-refractivity contribution in [1.82, 2.24) is 5.32 Å². The molecule has 2 aromatic rings. The Labute approximate surface area is 198 Å². The van der Waals surface area contributed by atoms with Gasteiger partial charge in [0.1, 0.15) is 12.7 Å². The third-order valence-corrected chi connectivity index (χ3v) is 6.55. The molecule has 176 valence electrons. The lowest BCUT2D eigenvalue weighted by Crippen LogP contribution is -2.34. The Kier molecular flexibility index (Phi) is 6.11. The maximum absolute atomic E-state index is 13.5. The highest BCUT2D eigenvalue weighted by Gasteiger charge is 2.39. The fourth-order valence-corrected chi connectivity index (χ4v) is 4.88. The first-order chi connectivity index (χ1) is 16.6. The van der Waals surface area contributed by atoms with Gasteiger partial charge in [0.25, 0.3) is 0 Å². The van der Waals surface area contributed by atoms with Crippen LogP contribution >= 0.6 is 0 Å². The molecule has 0 fully saturated rings. The number of benzene rings is 2. The van der Waals surface area contributed by atoms with Crippen molar-refractivity contribution >= 4 is 11.8 Å². The highest BCUT2D eigenvalue weighted by atomic mass is 16.7. The van der Waals surface area contributed by atoms with E-state index in [4.69, 9.17) is 18.9 Å². The van der Waals surface area contributed by atoms with Crippen molar-refractivity contribution in [3.63, 3.8) is 0 Å². The molecular weight excluding hydrogens is 434 g/mol. The zero-order valence-corrected chi connectivity index (χ0v) is 19.3. The number of carbonyl (C=O) groups excluding carboxylic acids is 2. The average Bonchev–Trinajstić information content (AvgIpc) is 3.32. The van der Waals surface area contributed by atoms with Crippen LogP contribution in [0.25, 0.3) is 0 Å². The fourth-order valence-electron chi connectivity index (χ4n) is 4.88. The number of ketones is 1. The minimum absolute atomic E-state index is 0.0493. The molecular formula is C27H27NO6. The van der Waals surface area contributed by atoms with Crippen molar-refractivity contribution in [3.05, 3.63) is 82.2 Å². The van der Waals surface area contributed by atoms with Crippen LogP contribution in [0.3, 0.4) is 0 Å². The monoisotopic (exact) mass is 461 g/mol. The number of dihydropyridines is 1. The lowest BCUT2D eigenvalue weighted by molar-refractivity contribution is -0.143. The topological polar surface area (TPSA) is 83.1 Å². The molecule has 2 heterocycles. The van der Waals surface area contributed by atoms with E-state index in [-0.39, 0.29) is 19.2 Å². The predicted octanol–water partition coefficient (Wildman–Crippen LogP) is 4.31. The van der Waals surface area contributed by atoms with Gasteiger partial charge in [-0.25, -0.2) is 4.79 Å². The summed E-state index contributed by atoms with van der Waals surface area (Å²) in [7, 11) is 1.59. The van der Waals surface area contributed by atoms with Gasteiger partial charge in [-0.15, -0.1) is 0 Å². The van der Waals surface area contributed by atoms with E-state index in [1.807, 2.05) is 55.5 Å². The molecule has 0 saturated heterocycles. The molecule has 7 heteroatoms. The van der Waals surface area contributed by atoms with Gasteiger partial charge in [-0.2, -0.15) is 0 Å². The number of fused-ring (bicyclic) bond motifs is 1. The van der Waals surface area contributed by atoms with Gasteiger partial charge in [-0.05, 0) is 43.0 Å². The number of carbonyl (C=O) groups is 2. The maximum atomic E-state index is 13.5. The van der Waals surface area contributed by atoms with E-state index in [1.165, 1.54) is 0 Å². The van der Waals surface area contributed by atoms with Crippen LogP contribution in [0.2, 0.25) is 0 Å². The Bertz CT molecular complexity index is 1180. The Morgan fingerprint density at radius 1 is 1.12 bits per heavy atom.